The molecule has 0 bridgehead atoms. The molecule has 2 aromatic rings. The van der Waals surface area contributed by atoms with Crippen molar-refractivity contribution in [2.45, 2.75) is 6.92 Å². The summed E-state index contributed by atoms with van der Waals surface area (Å²) >= 11 is 3.10. The van der Waals surface area contributed by atoms with Crippen LogP contribution < -0.4 is 10.2 Å². The smallest absolute Gasteiger partial charge is 0.277 e. The Morgan fingerprint density at radius 2 is 2.09 bits per heavy atom. The highest BCUT2D eigenvalue weighted by atomic mass is 79.9. The molecule has 0 aliphatic rings. The number of nitrogens with one attached hydrogen (secondary N) is 1. The molecular formula is C16H15BrN2O4. The summed E-state index contributed by atoms with van der Waals surface area (Å²) in [5.74, 6) is -0.307. The molecule has 1 amide bonds. The lowest BCUT2D eigenvalue weighted by Crippen LogP contribution is -2.24. The van der Waals surface area contributed by atoms with Crippen LogP contribution in [0.5, 0.6) is 17.2 Å². The van der Waals surface area contributed by atoms with Crippen molar-refractivity contribution in [3.05, 3.63) is 52.0 Å². The second-order valence-corrected chi connectivity index (χ2v) is 5.57. The summed E-state index contributed by atoms with van der Waals surface area (Å²) in [6.45, 7) is 1.73. The van der Waals surface area contributed by atoms with Gasteiger partial charge in [0, 0.05) is 0 Å². The summed E-state index contributed by atoms with van der Waals surface area (Å²) in [4.78, 5) is 11.7. The van der Waals surface area contributed by atoms with E-state index in [2.05, 4.69) is 26.5 Å². The first kappa shape index (κ1) is 16.8. The van der Waals surface area contributed by atoms with Crippen molar-refractivity contribution in [2.75, 3.05) is 6.61 Å². The van der Waals surface area contributed by atoms with E-state index in [0.29, 0.717) is 15.8 Å². The van der Waals surface area contributed by atoms with Crippen molar-refractivity contribution < 1.29 is 19.7 Å². The van der Waals surface area contributed by atoms with Crippen molar-refractivity contribution in [2.24, 2.45) is 5.10 Å². The van der Waals surface area contributed by atoms with Gasteiger partial charge in [0.05, 0.1) is 10.7 Å². The number of hydrogen-bond acceptors (Lipinski definition) is 5. The molecule has 23 heavy (non-hydrogen) atoms. The predicted molar refractivity (Wildman–Crippen MR) is 89.9 cm³/mol. The zero-order valence-electron chi connectivity index (χ0n) is 12.3. The summed E-state index contributed by atoms with van der Waals surface area (Å²) in [6.07, 6.45) is 1.34. The Bertz CT molecular complexity index is 724. The Balaban J connectivity index is 1.88. The van der Waals surface area contributed by atoms with E-state index in [1.807, 2.05) is 25.1 Å². The second kappa shape index (κ2) is 7.64. The van der Waals surface area contributed by atoms with E-state index in [1.165, 1.54) is 12.3 Å². The number of phenolic OH excluding ortho intramolecular Hbond substituents is 2. The fourth-order valence-electron chi connectivity index (χ4n) is 1.75. The molecule has 0 heterocycles. The summed E-state index contributed by atoms with van der Waals surface area (Å²) in [5.41, 5.74) is 3.77. The number of benzene rings is 2. The van der Waals surface area contributed by atoms with E-state index in [-0.39, 0.29) is 18.1 Å². The Morgan fingerprint density at radius 3 is 2.78 bits per heavy atom. The van der Waals surface area contributed by atoms with Gasteiger partial charge >= 0.3 is 0 Å². The van der Waals surface area contributed by atoms with Gasteiger partial charge in [0.15, 0.2) is 18.1 Å². The molecule has 3 N–H and O–H groups in total. The first-order chi connectivity index (χ1) is 11.0. The molecule has 6 nitrogen and oxygen atoms in total. The Labute approximate surface area is 141 Å². The molecule has 0 radical (unpaired) electrons. The third kappa shape index (κ3) is 4.72. The lowest BCUT2D eigenvalue weighted by atomic mass is 10.2. The molecule has 0 aliphatic heterocycles. The van der Waals surface area contributed by atoms with Crippen molar-refractivity contribution in [1.82, 2.24) is 5.43 Å². The van der Waals surface area contributed by atoms with E-state index in [4.69, 9.17) is 4.74 Å². The largest absolute Gasteiger partial charge is 0.504 e. The van der Waals surface area contributed by atoms with Crippen LogP contribution in [0.15, 0.2) is 46.0 Å². The second-order valence-electron chi connectivity index (χ2n) is 4.72. The molecule has 0 spiro atoms. The van der Waals surface area contributed by atoms with E-state index in [9.17, 15) is 15.0 Å². The van der Waals surface area contributed by atoms with Gasteiger partial charge < -0.3 is 14.9 Å². The highest BCUT2D eigenvalue weighted by Gasteiger charge is 2.06. The van der Waals surface area contributed by atoms with Gasteiger partial charge in [-0.15, -0.1) is 0 Å². The lowest BCUT2D eigenvalue weighted by Gasteiger charge is -2.07. The number of aryl methyl sites for hydroxylation is 1. The Morgan fingerprint density at radius 1 is 1.35 bits per heavy atom. The number of rotatable bonds is 5. The van der Waals surface area contributed by atoms with Crippen LogP contribution in [0.1, 0.15) is 11.1 Å². The number of halogens is 1. The van der Waals surface area contributed by atoms with Crippen LogP contribution in [0, 0.1) is 6.92 Å². The number of ether oxygens (including phenoxy) is 1. The number of phenols is 2. The number of para-hydroxylation sites is 1. The van der Waals surface area contributed by atoms with Crippen molar-refractivity contribution in [1.29, 1.82) is 0 Å². The quantitative estimate of drug-likeness (QED) is 0.423. The van der Waals surface area contributed by atoms with Crippen molar-refractivity contribution in [3.63, 3.8) is 0 Å². The molecule has 0 saturated heterocycles. The molecule has 2 aromatic carbocycles. The van der Waals surface area contributed by atoms with E-state index in [0.717, 1.165) is 5.56 Å². The number of aromatic hydroxyl groups is 2. The number of amides is 1. The number of carbonyl (C=O) groups excluding carboxylic acids is 1. The SMILES string of the molecule is Cc1ccccc1OCC(=O)N/N=C\c1cc(O)c(O)c(Br)c1. The van der Waals surface area contributed by atoms with Gasteiger partial charge in [0.1, 0.15) is 5.75 Å². The molecule has 0 aliphatic carbocycles. The van der Waals surface area contributed by atoms with Crippen LogP contribution in [0.3, 0.4) is 0 Å². The summed E-state index contributed by atoms with van der Waals surface area (Å²) < 4.78 is 5.72. The predicted octanol–water partition coefficient (Wildman–Crippen LogP) is 2.70. The van der Waals surface area contributed by atoms with Crippen molar-refractivity contribution >= 4 is 28.1 Å². The van der Waals surface area contributed by atoms with Crippen LogP contribution in [-0.2, 0) is 4.79 Å². The van der Waals surface area contributed by atoms with Crippen LogP contribution in [-0.4, -0.2) is 28.9 Å². The van der Waals surface area contributed by atoms with Gasteiger partial charge in [-0.25, -0.2) is 5.43 Å². The third-order valence-corrected chi connectivity index (χ3v) is 3.53. The first-order valence-corrected chi connectivity index (χ1v) is 7.48. The summed E-state index contributed by atoms with van der Waals surface area (Å²) in [7, 11) is 0. The van der Waals surface area contributed by atoms with Gasteiger partial charge in [-0.3, -0.25) is 4.79 Å². The Hall–Kier alpha value is -2.54. The first-order valence-electron chi connectivity index (χ1n) is 6.69. The number of hydrogen-bond donors (Lipinski definition) is 3. The molecule has 0 unspecified atom stereocenters. The van der Waals surface area contributed by atoms with Crippen LogP contribution in [0.4, 0.5) is 0 Å². The molecule has 7 heteroatoms. The highest BCUT2D eigenvalue weighted by Crippen LogP contribution is 2.33. The molecule has 0 aromatic heterocycles. The minimum absolute atomic E-state index is 0.160. The maximum Gasteiger partial charge on any atom is 0.277 e. The lowest BCUT2D eigenvalue weighted by molar-refractivity contribution is -0.123. The molecule has 0 saturated carbocycles. The number of carbonyl (C=O) groups is 1. The highest BCUT2D eigenvalue weighted by molar-refractivity contribution is 9.10. The fourth-order valence-corrected chi connectivity index (χ4v) is 2.22. The van der Waals surface area contributed by atoms with E-state index in [1.54, 1.807) is 12.1 Å². The average molecular weight is 379 g/mol. The normalized spacial score (nSPS) is 10.7. The van der Waals surface area contributed by atoms with Crippen LogP contribution in [0.2, 0.25) is 0 Å². The van der Waals surface area contributed by atoms with Crippen LogP contribution in [0.25, 0.3) is 0 Å². The molecule has 0 fully saturated rings. The van der Waals surface area contributed by atoms with Gasteiger partial charge in [0.2, 0.25) is 0 Å². The molecule has 120 valence electrons. The zero-order chi connectivity index (χ0) is 16.8. The van der Waals surface area contributed by atoms with Gasteiger partial charge in [-0.1, -0.05) is 18.2 Å². The zero-order valence-corrected chi connectivity index (χ0v) is 13.9. The topological polar surface area (TPSA) is 91.2 Å². The van der Waals surface area contributed by atoms with Crippen molar-refractivity contribution in [3.8, 4) is 17.2 Å². The summed E-state index contributed by atoms with van der Waals surface area (Å²) in [5, 5.41) is 22.7. The molecule has 2 rings (SSSR count). The monoisotopic (exact) mass is 378 g/mol. The van der Waals surface area contributed by atoms with E-state index < -0.39 is 5.91 Å². The standard InChI is InChI=1S/C16H15BrN2O4/c1-10-4-2-3-5-14(10)23-9-15(21)19-18-8-11-6-12(17)16(22)13(20)7-11/h2-8,20,22H,9H2,1H3,(H,19,21)/b18-8-. The van der Waals surface area contributed by atoms with Gasteiger partial charge in [-0.2, -0.15) is 5.10 Å². The minimum atomic E-state index is -0.411. The fraction of sp³-hybridized carbons (Fsp3) is 0.125. The number of nitrogens with zero attached hydrogens (tertiary/aromatic N) is 1. The number of hydrazone groups is 1. The molecular weight excluding hydrogens is 364 g/mol. The van der Waals surface area contributed by atoms with Gasteiger partial charge in [-0.05, 0) is 52.2 Å². The van der Waals surface area contributed by atoms with Crippen LogP contribution >= 0.6 is 15.9 Å². The molecule has 0 atom stereocenters. The third-order valence-electron chi connectivity index (χ3n) is 2.92. The Kier molecular flexibility index (Phi) is 5.59. The average Bonchev–Trinajstić information content (AvgIpc) is 2.52. The van der Waals surface area contributed by atoms with E-state index >= 15 is 0 Å². The maximum atomic E-state index is 11.7. The maximum absolute atomic E-state index is 11.7. The minimum Gasteiger partial charge on any atom is -0.504 e. The van der Waals surface area contributed by atoms with Gasteiger partial charge in [0.25, 0.3) is 5.91 Å². The summed E-state index contributed by atoms with van der Waals surface area (Å²) in [6, 6.07) is 10.3.